The van der Waals surface area contributed by atoms with Gasteiger partial charge >= 0.3 is 6.01 Å². The van der Waals surface area contributed by atoms with Crippen molar-refractivity contribution in [1.29, 1.82) is 0 Å². The third-order valence-electron chi connectivity index (χ3n) is 4.50. The number of aryl methyl sites for hydroxylation is 1. The van der Waals surface area contributed by atoms with E-state index in [1.165, 1.54) is 24.3 Å². The van der Waals surface area contributed by atoms with Gasteiger partial charge in [0.25, 0.3) is 0 Å². The van der Waals surface area contributed by atoms with Crippen LogP contribution in [0.4, 0.5) is 4.39 Å². The topological polar surface area (TPSA) is 86.1 Å². The number of benzene rings is 2. The van der Waals surface area contributed by atoms with Gasteiger partial charge in [-0.05, 0) is 68.3 Å². The van der Waals surface area contributed by atoms with Crippen LogP contribution in [0, 0.1) is 5.82 Å². The van der Waals surface area contributed by atoms with Crippen LogP contribution >= 0.6 is 15.9 Å². The van der Waals surface area contributed by atoms with Crippen LogP contribution < -0.4 is 9.46 Å². The number of sulfonamides is 1. The summed E-state index contributed by atoms with van der Waals surface area (Å²) in [4.78, 5) is 0.227. The summed E-state index contributed by atoms with van der Waals surface area (Å²) in [5, 5.41) is 8.14. The number of aromatic nitrogens is 3. The molecule has 7 nitrogen and oxygen atoms in total. The molecule has 3 rings (SSSR count). The van der Waals surface area contributed by atoms with Gasteiger partial charge in [-0.3, -0.25) is 4.57 Å². The highest BCUT2D eigenvalue weighted by Crippen LogP contribution is 2.26. The number of halogens is 2. The monoisotopic (exact) mass is 496 g/mol. The lowest BCUT2D eigenvalue weighted by molar-refractivity contribution is 0.407. The van der Waals surface area contributed by atoms with Gasteiger partial charge in [0.2, 0.25) is 10.0 Å². The highest BCUT2D eigenvalue weighted by atomic mass is 79.9. The molecule has 0 aliphatic heterocycles. The summed E-state index contributed by atoms with van der Waals surface area (Å²) in [7, 11) is -3.78. The van der Waals surface area contributed by atoms with E-state index >= 15 is 0 Å². The zero-order valence-corrected chi connectivity index (χ0v) is 19.2. The maximum absolute atomic E-state index is 13.1. The molecule has 3 aromatic rings. The number of rotatable bonds is 8. The van der Waals surface area contributed by atoms with Gasteiger partial charge in [-0.1, -0.05) is 28.0 Å². The van der Waals surface area contributed by atoms with E-state index in [4.69, 9.17) is 4.74 Å². The van der Waals surface area contributed by atoms with Crippen molar-refractivity contribution < 1.29 is 17.5 Å². The summed E-state index contributed by atoms with van der Waals surface area (Å²) in [6.45, 7) is 5.93. The molecule has 2 aromatic carbocycles. The van der Waals surface area contributed by atoms with E-state index in [0.717, 1.165) is 4.47 Å². The minimum Gasteiger partial charge on any atom is -0.424 e. The second-order valence-electron chi connectivity index (χ2n) is 6.59. The Morgan fingerprint density at radius 2 is 1.87 bits per heavy atom. The normalized spacial score (nSPS) is 12.7. The molecule has 10 heteroatoms. The Balaban J connectivity index is 1.85. The van der Waals surface area contributed by atoms with E-state index in [0.29, 0.717) is 30.1 Å². The molecule has 0 radical (unpaired) electrons. The van der Waals surface area contributed by atoms with Gasteiger partial charge in [0.15, 0.2) is 5.82 Å². The van der Waals surface area contributed by atoms with Gasteiger partial charge in [0.1, 0.15) is 11.6 Å². The van der Waals surface area contributed by atoms with Gasteiger partial charge in [-0.15, -0.1) is 5.10 Å². The van der Waals surface area contributed by atoms with E-state index in [-0.39, 0.29) is 16.7 Å². The molecule has 0 amide bonds. The molecule has 0 saturated carbocycles. The number of hydrogen-bond acceptors (Lipinski definition) is 5. The summed E-state index contributed by atoms with van der Waals surface area (Å²) in [5.74, 6) is 0.441. The molecule has 1 aromatic heterocycles. The van der Waals surface area contributed by atoms with Gasteiger partial charge in [0.05, 0.1) is 10.9 Å². The predicted molar refractivity (Wildman–Crippen MR) is 114 cm³/mol. The number of nitrogens with one attached hydrogen (secondary N) is 1. The van der Waals surface area contributed by atoms with Crippen LogP contribution in [0.25, 0.3) is 0 Å². The van der Waals surface area contributed by atoms with Gasteiger partial charge in [-0.25, -0.2) is 17.5 Å². The van der Waals surface area contributed by atoms with Gasteiger partial charge in [0, 0.05) is 11.0 Å². The Hall–Kier alpha value is -2.30. The minimum atomic E-state index is -3.78. The fourth-order valence-electron chi connectivity index (χ4n) is 3.04. The number of hydrogen-bond donors (Lipinski definition) is 1. The SMILES string of the molecule is CCc1cc(Br)ccc1S(=O)(=O)N[C@H](C)c1nnc(Oc2ccc(F)cc2)n1CC. The van der Waals surface area contributed by atoms with Crippen LogP contribution in [0.15, 0.2) is 51.8 Å². The minimum absolute atomic E-state index is 0.197. The van der Waals surface area contributed by atoms with Crippen molar-refractivity contribution in [3.8, 4) is 11.8 Å². The van der Waals surface area contributed by atoms with Crippen molar-refractivity contribution >= 4 is 26.0 Å². The molecule has 1 N–H and O–H groups in total. The first-order chi connectivity index (χ1) is 14.2. The molecule has 0 saturated heterocycles. The first-order valence-corrected chi connectivity index (χ1v) is 11.7. The molecular formula is C20H22BrFN4O3S. The molecular weight excluding hydrogens is 475 g/mol. The molecule has 30 heavy (non-hydrogen) atoms. The first kappa shape index (κ1) is 22.4. The standard InChI is InChI=1S/C20H22BrFN4O3S/c1-4-14-12-15(21)6-11-18(14)30(27,28)25-13(3)19-23-24-20(26(19)5-2)29-17-9-7-16(22)8-10-17/h6-13,25H,4-5H2,1-3H3/t13-/m1/s1. The third-order valence-corrected chi connectivity index (χ3v) is 6.63. The Kier molecular flexibility index (Phi) is 6.89. The maximum Gasteiger partial charge on any atom is 0.322 e. The van der Waals surface area contributed by atoms with Gasteiger partial charge < -0.3 is 4.74 Å². The second-order valence-corrected chi connectivity index (χ2v) is 9.19. The van der Waals surface area contributed by atoms with Crippen LogP contribution in [-0.4, -0.2) is 23.2 Å². The maximum atomic E-state index is 13.1. The van der Waals surface area contributed by atoms with Crippen LogP contribution in [-0.2, 0) is 23.0 Å². The largest absolute Gasteiger partial charge is 0.424 e. The van der Waals surface area contributed by atoms with Crippen molar-refractivity contribution in [2.45, 2.75) is 44.7 Å². The molecule has 0 unspecified atom stereocenters. The molecule has 0 fully saturated rings. The molecule has 160 valence electrons. The van der Waals surface area contributed by atoms with Crippen LogP contribution in [0.1, 0.15) is 38.2 Å². The molecule has 1 atom stereocenters. The first-order valence-electron chi connectivity index (χ1n) is 9.42. The van der Waals surface area contributed by atoms with Crippen molar-refractivity contribution in [3.05, 3.63) is 64.1 Å². The summed E-state index contributed by atoms with van der Waals surface area (Å²) in [6.07, 6.45) is 0.574. The summed E-state index contributed by atoms with van der Waals surface area (Å²) in [5.41, 5.74) is 0.710. The van der Waals surface area contributed by atoms with E-state index in [9.17, 15) is 12.8 Å². The molecule has 1 heterocycles. The predicted octanol–water partition coefficient (Wildman–Crippen LogP) is 4.59. The van der Waals surface area contributed by atoms with E-state index in [1.807, 2.05) is 13.8 Å². The van der Waals surface area contributed by atoms with Crippen molar-refractivity contribution in [2.75, 3.05) is 0 Å². The van der Waals surface area contributed by atoms with E-state index in [2.05, 4.69) is 30.8 Å². The molecule has 0 bridgehead atoms. The van der Waals surface area contributed by atoms with Crippen LogP contribution in [0.5, 0.6) is 11.8 Å². The Labute approximate surface area is 183 Å². The zero-order valence-electron chi connectivity index (χ0n) is 16.8. The summed E-state index contributed by atoms with van der Waals surface area (Å²) >= 11 is 3.37. The lowest BCUT2D eigenvalue weighted by Crippen LogP contribution is -2.29. The lowest BCUT2D eigenvalue weighted by atomic mass is 10.2. The van der Waals surface area contributed by atoms with Crippen molar-refractivity contribution in [2.24, 2.45) is 0 Å². The number of nitrogens with zero attached hydrogens (tertiary/aromatic N) is 3. The van der Waals surface area contributed by atoms with Crippen molar-refractivity contribution in [3.63, 3.8) is 0 Å². The van der Waals surface area contributed by atoms with Crippen LogP contribution in [0.2, 0.25) is 0 Å². The summed E-state index contributed by atoms with van der Waals surface area (Å²) in [6, 6.07) is 10.1. The second kappa shape index (κ2) is 9.23. The highest BCUT2D eigenvalue weighted by molar-refractivity contribution is 9.10. The van der Waals surface area contributed by atoms with Crippen molar-refractivity contribution in [1.82, 2.24) is 19.5 Å². The molecule has 0 spiro atoms. The zero-order chi connectivity index (χ0) is 21.9. The average Bonchev–Trinajstić information content (AvgIpc) is 3.11. The molecule has 0 aliphatic rings. The van der Waals surface area contributed by atoms with Crippen LogP contribution in [0.3, 0.4) is 0 Å². The quantitative estimate of drug-likeness (QED) is 0.492. The number of ether oxygens (including phenoxy) is 1. The van der Waals surface area contributed by atoms with E-state index in [1.54, 1.807) is 29.7 Å². The Morgan fingerprint density at radius 3 is 2.50 bits per heavy atom. The van der Waals surface area contributed by atoms with Gasteiger partial charge in [-0.2, -0.15) is 0 Å². The Bertz CT molecular complexity index is 1130. The lowest BCUT2D eigenvalue weighted by Gasteiger charge is -2.17. The van der Waals surface area contributed by atoms with E-state index < -0.39 is 16.1 Å². The third kappa shape index (κ3) is 4.88. The fraction of sp³-hybridized carbons (Fsp3) is 0.300. The smallest absolute Gasteiger partial charge is 0.322 e. The Morgan fingerprint density at radius 1 is 1.17 bits per heavy atom. The average molecular weight is 497 g/mol. The molecule has 0 aliphatic carbocycles. The fourth-order valence-corrected chi connectivity index (χ4v) is 4.94. The summed E-state index contributed by atoms with van der Waals surface area (Å²) < 4.78 is 49.9. The highest BCUT2D eigenvalue weighted by Gasteiger charge is 2.25.